The van der Waals surface area contributed by atoms with Gasteiger partial charge in [-0.15, -0.1) is 11.3 Å². The highest BCUT2D eigenvalue weighted by molar-refractivity contribution is 7.09. The van der Waals surface area contributed by atoms with Crippen molar-refractivity contribution >= 4 is 11.3 Å². The molecule has 3 rings (SSSR count). The predicted molar refractivity (Wildman–Crippen MR) is 81.5 cm³/mol. The van der Waals surface area contributed by atoms with Crippen LogP contribution in [-0.4, -0.2) is 11.5 Å². The summed E-state index contributed by atoms with van der Waals surface area (Å²) in [7, 11) is 0. The molecule has 1 aromatic rings. The molecule has 2 nitrogen and oxygen atoms in total. The van der Waals surface area contributed by atoms with Crippen molar-refractivity contribution < 1.29 is 0 Å². The summed E-state index contributed by atoms with van der Waals surface area (Å²) in [5, 5.41) is 3.55. The largest absolute Gasteiger partial charge is 0.330 e. The highest BCUT2D eigenvalue weighted by Crippen LogP contribution is 2.56. The van der Waals surface area contributed by atoms with Crippen LogP contribution in [0, 0.1) is 17.3 Å². The third-order valence-electron chi connectivity index (χ3n) is 5.33. The number of rotatable bonds is 3. The first-order valence-corrected chi connectivity index (χ1v) is 8.46. The van der Waals surface area contributed by atoms with Gasteiger partial charge in [-0.25, -0.2) is 4.98 Å². The van der Waals surface area contributed by atoms with Gasteiger partial charge < -0.3 is 5.73 Å². The highest BCUT2D eigenvalue weighted by atomic mass is 32.1. The Hall–Kier alpha value is -0.410. The number of nitrogens with two attached hydrogens (primary N) is 1. The maximum absolute atomic E-state index is 6.17. The van der Waals surface area contributed by atoms with Crippen LogP contribution in [0.4, 0.5) is 0 Å². The second-order valence-corrected chi connectivity index (χ2v) is 8.64. The van der Waals surface area contributed by atoms with Crippen LogP contribution in [0.1, 0.15) is 57.2 Å². The van der Waals surface area contributed by atoms with Crippen LogP contribution in [0.25, 0.3) is 0 Å². The molecule has 19 heavy (non-hydrogen) atoms. The van der Waals surface area contributed by atoms with Crippen molar-refractivity contribution in [1.29, 1.82) is 0 Å². The van der Waals surface area contributed by atoms with Gasteiger partial charge in [-0.3, -0.25) is 0 Å². The zero-order valence-corrected chi connectivity index (χ0v) is 13.2. The van der Waals surface area contributed by atoms with Crippen molar-refractivity contribution in [1.82, 2.24) is 4.98 Å². The second-order valence-electron chi connectivity index (χ2n) is 7.70. The molecule has 0 aromatic carbocycles. The minimum Gasteiger partial charge on any atom is -0.330 e. The van der Waals surface area contributed by atoms with Gasteiger partial charge in [0.2, 0.25) is 0 Å². The fourth-order valence-corrected chi connectivity index (χ4v) is 5.31. The van der Waals surface area contributed by atoms with Gasteiger partial charge in [0.15, 0.2) is 0 Å². The van der Waals surface area contributed by atoms with Crippen LogP contribution in [0.3, 0.4) is 0 Å². The standard InChI is InChI=1S/C16H26N2S/c1-15(2,3)13-9-19-14(18-13)8-16(10-17)7-11-4-5-12(16)6-11/h9,11-12H,4-8,10,17H2,1-3H3. The maximum Gasteiger partial charge on any atom is 0.0934 e. The van der Waals surface area contributed by atoms with E-state index < -0.39 is 0 Å². The molecule has 0 aliphatic heterocycles. The number of nitrogens with zero attached hydrogens (tertiary/aromatic N) is 1. The average Bonchev–Trinajstić information content (AvgIpc) is 3.02. The quantitative estimate of drug-likeness (QED) is 0.914. The Labute approximate surface area is 120 Å². The average molecular weight is 278 g/mol. The van der Waals surface area contributed by atoms with Crippen molar-refractivity contribution in [2.45, 2.75) is 58.3 Å². The zero-order valence-electron chi connectivity index (χ0n) is 12.4. The van der Waals surface area contributed by atoms with Crippen molar-refractivity contribution in [2.75, 3.05) is 6.54 Å². The van der Waals surface area contributed by atoms with Gasteiger partial charge in [0.05, 0.1) is 10.7 Å². The van der Waals surface area contributed by atoms with E-state index in [-0.39, 0.29) is 5.41 Å². The van der Waals surface area contributed by atoms with Crippen LogP contribution in [0.15, 0.2) is 5.38 Å². The highest BCUT2D eigenvalue weighted by Gasteiger charge is 2.50. The summed E-state index contributed by atoms with van der Waals surface area (Å²) in [6.07, 6.45) is 6.73. The van der Waals surface area contributed by atoms with Crippen LogP contribution >= 0.6 is 11.3 Å². The molecule has 0 spiro atoms. The number of aromatic nitrogens is 1. The van der Waals surface area contributed by atoms with Gasteiger partial charge in [-0.05, 0) is 43.1 Å². The van der Waals surface area contributed by atoms with Crippen LogP contribution in [-0.2, 0) is 11.8 Å². The Bertz CT molecular complexity index is 460. The molecule has 2 aliphatic rings. The van der Waals surface area contributed by atoms with E-state index in [1.54, 1.807) is 0 Å². The third kappa shape index (κ3) is 2.36. The normalized spacial score (nSPS) is 34.1. The van der Waals surface area contributed by atoms with E-state index in [2.05, 4.69) is 26.2 Å². The van der Waals surface area contributed by atoms with Crippen molar-refractivity contribution in [3.63, 3.8) is 0 Å². The van der Waals surface area contributed by atoms with Gasteiger partial charge >= 0.3 is 0 Å². The molecule has 2 fully saturated rings. The number of thiazole rings is 1. The Morgan fingerprint density at radius 3 is 2.68 bits per heavy atom. The molecule has 3 unspecified atom stereocenters. The lowest BCUT2D eigenvalue weighted by molar-refractivity contribution is 0.171. The molecular formula is C16H26N2S. The lowest BCUT2D eigenvalue weighted by Crippen LogP contribution is -2.37. The Morgan fingerprint density at radius 1 is 1.42 bits per heavy atom. The summed E-state index contributed by atoms with van der Waals surface area (Å²) in [6.45, 7) is 7.56. The minimum atomic E-state index is 0.166. The van der Waals surface area contributed by atoms with Gasteiger partial charge in [0.25, 0.3) is 0 Å². The van der Waals surface area contributed by atoms with Crippen LogP contribution in [0.2, 0.25) is 0 Å². The van der Waals surface area contributed by atoms with E-state index in [1.165, 1.54) is 36.4 Å². The molecule has 0 saturated heterocycles. The van der Waals surface area contributed by atoms with Gasteiger partial charge in [-0.2, -0.15) is 0 Å². The monoisotopic (exact) mass is 278 g/mol. The molecule has 106 valence electrons. The van der Waals surface area contributed by atoms with Crippen molar-refractivity contribution in [3.8, 4) is 0 Å². The summed E-state index contributed by atoms with van der Waals surface area (Å²) in [4.78, 5) is 4.88. The first-order valence-electron chi connectivity index (χ1n) is 7.58. The summed E-state index contributed by atoms with van der Waals surface area (Å²) < 4.78 is 0. The van der Waals surface area contributed by atoms with Gasteiger partial charge in [0.1, 0.15) is 0 Å². The topological polar surface area (TPSA) is 38.9 Å². The lowest BCUT2D eigenvalue weighted by atomic mass is 9.71. The summed E-state index contributed by atoms with van der Waals surface area (Å²) in [6, 6.07) is 0. The molecule has 0 amide bonds. The number of hydrogen-bond donors (Lipinski definition) is 1. The molecule has 3 atom stereocenters. The number of hydrogen-bond acceptors (Lipinski definition) is 3. The molecule has 3 heteroatoms. The second kappa shape index (κ2) is 4.56. The van der Waals surface area contributed by atoms with E-state index in [4.69, 9.17) is 10.7 Å². The first kappa shape index (κ1) is 13.6. The number of fused-ring (bicyclic) bond motifs is 2. The Morgan fingerprint density at radius 2 is 2.21 bits per heavy atom. The van der Waals surface area contributed by atoms with Crippen LogP contribution in [0.5, 0.6) is 0 Å². The molecule has 1 aromatic heterocycles. The van der Waals surface area contributed by atoms with Crippen molar-refractivity contribution in [2.24, 2.45) is 23.0 Å². The SMILES string of the molecule is CC(C)(C)c1csc(CC2(CN)CC3CCC2C3)n1. The predicted octanol–water partition coefficient (Wildman–Crippen LogP) is 3.75. The summed E-state index contributed by atoms with van der Waals surface area (Å²) in [5.74, 6) is 1.82. The minimum absolute atomic E-state index is 0.166. The molecule has 0 radical (unpaired) electrons. The van der Waals surface area contributed by atoms with E-state index in [0.717, 1.165) is 24.8 Å². The van der Waals surface area contributed by atoms with E-state index >= 15 is 0 Å². The van der Waals surface area contributed by atoms with Gasteiger partial charge in [-0.1, -0.05) is 27.2 Å². The van der Waals surface area contributed by atoms with E-state index in [0.29, 0.717) is 5.41 Å². The van der Waals surface area contributed by atoms with Gasteiger partial charge in [0, 0.05) is 17.2 Å². The Balaban J connectivity index is 1.79. The third-order valence-corrected chi connectivity index (χ3v) is 6.18. The summed E-state index contributed by atoms with van der Waals surface area (Å²) in [5.41, 5.74) is 7.95. The molecular weight excluding hydrogens is 252 g/mol. The Kier molecular flexibility index (Phi) is 3.25. The molecule has 2 aliphatic carbocycles. The lowest BCUT2D eigenvalue weighted by Gasteiger charge is -2.36. The van der Waals surface area contributed by atoms with Crippen molar-refractivity contribution in [3.05, 3.63) is 16.1 Å². The summed E-state index contributed by atoms with van der Waals surface area (Å²) >= 11 is 1.84. The molecule has 2 N–H and O–H groups in total. The maximum atomic E-state index is 6.17. The van der Waals surface area contributed by atoms with E-state index in [9.17, 15) is 0 Å². The van der Waals surface area contributed by atoms with Crippen LogP contribution < -0.4 is 5.73 Å². The fourth-order valence-electron chi connectivity index (χ4n) is 4.13. The van der Waals surface area contributed by atoms with E-state index in [1.807, 2.05) is 11.3 Å². The smallest absolute Gasteiger partial charge is 0.0934 e. The molecule has 1 heterocycles. The zero-order chi connectivity index (χ0) is 13.7. The molecule has 2 bridgehead atoms. The first-order chi connectivity index (χ1) is 8.93. The fraction of sp³-hybridized carbons (Fsp3) is 0.812. The molecule has 2 saturated carbocycles.